The fourth-order valence-electron chi connectivity index (χ4n) is 3.04. The summed E-state index contributed by atoms with van der Waals surface area (Å²) in [6, 6.07) is 23.3. The molecular formula is C23H19BrN4O. The predicted octanol–water partition coefficient (Wildman–Crippen LogP) is 5.57. The molecule has 144 valence electrons. The number of carbonyl (C=O) groups is 1. The first-order valence-electron chi connectivity index (χ1n) is 9.18. The molecule has 0 aliphatic rings. The van der Waals surface area contributed by atoms with Crippen LogP contribution in [-0.2, 0) is 0 Å². The van der Waals surface area contributed by atoms with E-state index in [1.165, 1.54) is 0 Å². The number of halogens is 1. The van der Waals surface area contributed by atoms with E-state index in [-0.39, 0.29) is 11.7 Å². The van der Waals surface area contributed by atoms with Crippen LogP contribution in [-0.4, -0.2) is 20.7 Å². The SMILES string of the molecule is Cc1cccc(-c2nc(C(=O)Nc3ccc(Br)cc3)nn2-c2cccc(C)c2)c1. The van der Waals surface area contributed by atoms with Crippen LogP contribution in [0.2, 0.25) is 0 Å². The van der Waals surface area contributed by atoms with Crippen LogP contribution in [0.25, 0.3) is 17.1 Å². The molecule has 1 N–H and O–H groups in total. The van der Waals surface area contributed by atoms with Gasteiger partial charge in [-0.1, -0.05) is 51.8 Å². The van der Waals surface area contributed by atoms with E-state index in [1.54, 1.807) is 4.68 Å². The van der Waals surface area contributed by atoms with E-state index in [9.17, 15) is 4.79 Å². The van der Waals surface area contributed by atoms with E-state index >= 15 is 0 Å². The Labute approximate surface area is 177 Å². The molecule has 0 fully saturated rings. The maximum Gasteiger partial charge on any atom is 0.295 e. The molecule has 0 radical (unpaired) electrons. The zero-order valence-electron chi connectivity index (χ0n) is 16.1. The van der Waals surface area contributed by atoms with Gasteiger partial charge in [0.05, 0.1) is 5.69 Å². The second kappa shape index (κ2) is 8.01. The number of benzene rings is 3. The minimum absolute atomic E-state index is 0.117. The standard InChI is InChI=1S/C23H19BrN4O/c1-15-5-3-7-17(13-15)22-26-21(23(29)25-19-11-9-18(24)10-12-19)27-28(22)20-8-4-6-16(2)14-20/h3-14H,1-2H3,(H,25,29). The molecule has 1 amide bonds. The fourth-order valence-corrected chi connectivity index (χ4v) is 3.30. The Balaban J connectivity index is 1.76. The number of nitrogens with zero attached hydrogens (tertiary/aromatic N) is 3. The van der Waals surface area contributed by atoms with Crippen LogP contribution in [0.4, 0.5) is 5.69 Å². The van der Waals surface area contributed by atoms with Crippen LogP contribution >= 0.6 is 15.9 Å². The Kier molecular flexibility index (Phi) is 5.27. The first-order chi connectivity index (χ1) is 14.0. The van der Waals surface area contributed by atoms with E-state index in [4.69, 9.17) is 0 Å². The minimum atomic E-state index is -0.354. The number of hydrogen-bond acceptors (Lipinski definition) is 3. The van der Waals surface area contributed by atoms with Crippen LogP contribution < -0.4 is 5.32 Å². The predicted molar refractivity (Wildman–Crippen MR) is 118 cm³/mol. The molecule has 0 spiro atoms. The molecule has 0 saturated heterocycles. The number of anilines is 1. The first-order valence-corrected chi connectivity index (χ1v) is 9.97. The lowest BCUT2D eigenvalue weighted by Gasteiger charge is -2.07. The Bertz CT molecular complexity index is 1120. The van der Waals surface area contributed by atoms with Gasteiger partial charge in [0, 0.05) is 15.7 Å². The van der Waals surface area contributed by atoms with Crippen LogP contribution in [0.1, 0.15) is 21.7 Å². The van der Waals surface area contributed by atoms with Gasteiger partial charge in [-0.3, -0.25) is 4.79 Å². The Morgan fingerprint density at radius 2 is 1.62 bits per heavy atom. The summed E-state index contributed by atoms with van der Waals surface area (Å²) in [5.41, 5.74) is 4.66. The van der Waals surface area contributed by atoms with Crippen molar-refractivity contribution >= 4 is 27.5 Å². The molecule has 0 unspecified atom stereocenters. The largest absolute Gasteiger partial charge is 0.319 e. The number of carbonyl (C=O) groups excluding carboxylic acids is 1. The molecule has 1 heterocycles. The molecule has 4 rings (SSSR count). The topological polar surface area (TPSA) is 59.8 Å². The normalized spacial score (nSPS) is 10.7. The molecule has 3 aromatic carbocycles. The van der Waals surface area contributed by atoms with Crippen LogP contribution in [0.15, 0.2) is 77.3 Å². The molecule has 5 nitrogen and oxygen atoms in total. The number of nitrogens with one attached hydrogen (secondary N) is 1. The number of aromatic nitrogens is 3. The molecule has 4 aromatic rings. The molecule has 0 saturated carbocycles. The zero-order valence-corrected chi connectivity index (χ0v) is 17.6. The average Bonchev–Trinajstić information content (AvgIpc) is 3.15. The minimum Gasteiger partial charge on any atom is -0.319 e. The highest BCUT2D eigenvalue weighted by atomic mass is 79.9. The van der Waals surface area contributed by atoms with Crippen molar-refractivity contribution in [2.45, 2.75) is 13.8 Å². The summed E-state index contributed by atoms with van der Waals surface area (Å²) in [5, 5.41) is 7.38. The lowest BCUT2D eigenvalue weighted by molar-refractivity contribution is 0.101. The molecule has 1 aromatic heterocycles. The summed E-state index contributed by atoms with van der Waals surface area (Å²) in [6.07, 6.45) is 0. The molecule has 6 heteroatoms. The summed E-state index contributed by atoms with van der Waals surface area (Å²) in [6.45, 7) is 4.05. The first kappa shape index (κ1) is 19.1. The third-order valence-corrected chi connectivity index (χ3v) is 4.96. The van der Waals surface area contributed by atoms with Crippen molar-refractivity contribution in [3.05, 3.63) is 94.2 Å². The van der Waals surface area contributed by atoms with Crippen molar-refractivity contribution in [3.63, 3.8) is 0 Å². The van der Waals surface area contributed by atoms with Crippen LogP contribution in [0, 0.1) is 13.8 Å². The van der Waals surface area contributed by atoms with Crippen molar-refractivity contribution in [3.8, 4) is 17.1 Å². The van der Waals surface area contributed by atoms with Crippen LogP contribution in [0.5, 0.6) is 0 Å². The van der Waals surface area contributed by atoms with E-state index in [2.05, 4.69) is 31.3 Å². The molecule has 29 heavy (non-hydrogen) atoms. The summed E-state index contributed by atoms with van der Waals surface area (Å²) in [4.78, 5) is 17.4. The van der Waals surface area contributed by atoms with Crippen molar-refractivity contribution in [2.75, 3.05) is 5.32 Å². The Morgan fingerprint density at radius 3 is 2.31 bits per heavy atom. The van der Waals surface area contributed by atoms with Gasteiger partial charge < -0.3 is 5.32 Å². The van der Waals surface area contributed by atoms with E-state index in [1.807, 2.05) is 86.6 Å². The van der Waals surface area contributed by atoms with Crippen molar-refractivity contribution in [1.29, 1.82) is 0 Å². The molecule has 0 atom stereocenters. The summed E-state index contributed by atoms with van der Waals surface area (Å²) in [7, 11) is 0. The second-order valence-electron chi connectivity index (χ2n) is 6.84. The van der Waals surface area contributed by atoms with Gasteiger partial charge in [0.2, 0.25) is 5.82 Å². The number of hydrogen-bond donors (Lipinski definition) is 1. The number of rotatable bonds is 4. The monoisotopic (exact) mass is 446 g/mol. The van der Waals surface area contributed by atoms with Gasteiger partial charge in [-0.2, -0.15) is 0 Å². The van der Waals surface area contributed by atoms with Crippen molar-refractivity contribution < 1.29 is 4.79 Å². The lowest BCUT2D eigenvalue weighted by atomic mass is 10.1. The second-order valence-corrected chi connectivity index (χ2v) is 7.76. The highest BCUT2D eigenvalue weighted by molar-refractivity contribution is 9.10. The van der Waals surface area contributed by atoms with Gasteiger partial charge in [-0.25, -0.2) is 9.67 Å². The Morgan fingerprint density at radius 1 is 0.931 bits per heavy atom. The van der Waals surface area contributed by atoms with Crippen molar-refractivity contribution in [2.24, 2.45) is 0 Å². The van der Waals surface area contributed by atoms with Gasteiger partial charge in [0.1, 0.15) is 0 Å². The van der Waals surface area contributed by atoms with Gasteiger partial charge >= 0.3 is 0 Å². The maximum atomic E-state index is 12.8. The molecular weight excluding hydrogens is 428 g/mol. The highest BCUT2D eigenvalue weighted by Gasteiger charge is 2.19. The average molecular weight is 447 g/mol. The van der Waals surface area contributed by atoms with E-state index < -0.39 is 0 Å². The number of amides is 1. The van der Waals surface area contributed by atoms with Gasteiger partial charge in [0.15, 0.2) is 5.82 Å². The Hall–Kier alpha value is -3.25. The zero-order chi connectivity index (χ0) is 20.4. The molecule has 0 aliphatic carbocycles. The lowest BCUT2D eigenvalue weighted by Crippen LogP contribution is -2.14. The molecule has 0 aliphatic heterocycles. The summed E-state index contributed by atoms with van der Waals surface area (Å²) < 4.78 is 2.66. The third-order valence-electron chi connectivity index (χ3n) is 4.43. The summed E-state index contributed by atoms with van der Waals surface area (Å²) >= 11 is 3.39. The summed E-state index contributed by atoms with van der Waals surface area (Å²) in [5.74, 6) is 0.388. The molecule has 0 bridgehead atoms. The van der Waals surface area contributed by atoms with Gasteiger partial charge in [0.25, 0.3) is 5.91 Å². The van der Waals surface area contributed by atoms with E-state index in [0.717, 1.165) is 26.9 Å². The van der Waals surface area contributed by atoms with Gasteiger partial charge in [-0.15, -0.1) is 5.10 Å². The highest BCUT2D eigenvalue weighted by Crippen LogP contribution is 2.23. The maximum absolute atomic E-state index is 12.8. The quantitative estimate of drug-likeness (QED) is 0.445. The smallest absolute Gasteiger partial charge is 0.295 e. The third kappa shape index (κ3) is 4.27. The van der Waals surface area contributed by atoms with Gasteiger partial charge in [-0.05, 0) is 61.9 Å². The number of aryl methyl sites for hydroxylation is 2. The van der Waals surface area contributed by atoms with Crippen molar-refractivity contribution in [1.82, 2.24) is 14.8 Å². The fraction of sp³-hybridized carbons (Fsp3) is 0.0870. The van der Waals surface area contributed by atoms with E-state index in [0.29, 0.717) is 11.5 Å². The van der Waals surface area contributed by atoms with Crippen LogP contribution in [0.3, 0.4) is 0 Å².